The first kappa shape index (κ1) is 43.2. The first-order valence-electron chi connectivity index (χ1n) is 20.2. The van der Waals surface area contributed by atoms with E-state index in [1.807, 2.05) is 0 Å². The number of hydrogen-bond acceptors (Lipinski definition) is 9. The molecule has 0 aliphatic carbocycles. The van der Waals surface area contributed by atoms with Crippen LogP contribution in [0.25, 0.3) is 11.2 Å². The van der Waals surface area contributed by atoms with Gasteiger partial charge in [0.05, 0.1) is 6.33 Å². The number of nitrogens with zero attached hydrogens (tertiary/aromatic N) is 3. The SMILES string of the molecule is [B][P+]1(O)OC[C@H]2O[C@@H](n3cnc4c(=O)[nH]c(NCCCCCCCC(C)(C(C)C(C)C(C)C(C)CC)C(C)C(C)C(C)C(C)CC)nc43)C(O)[C@H]2O1. The number of H-pyrrole nitrogens is 1. The molecule has 52 heavy (non-hydrogen) atoms. The Balaban J connectivity index is 1.31. The Labute approximate surface area is 315 Å². The molecule has 0 amide bonds. The second kappa shape index (κ2) is 18.4. The molecule has 4 N–H and O–H groups in total. The maximum Gasteiger partial charge on any atom is 0.488 e. The Bertz CT molecular complexity index is 1450. The van der Waals surface area contributed by atoms with Crippen molar-refractivity contribution in [3.8, 4) is 0 Å². The van der Waals surface area contributed by atoms with Crippen LogP contribution in [0.15, 0.2) is 11.1 Å². The zero-order chi connectivity index (χ0) is 38.5. The van der Waals surface area contributed by atoms with Gasteiger partial charge in [-0.15, -0.1) is 0 Å². The third kappa shape index (κ3) is 9.62. The van der Waals surface area contributed by atoms with E-state index in [-0.39, 0.29) is 28.7 Å². The summed E-state index contributed by atoms with van der Waals surface area (Å²) < 4.78 is 18.1. The zero-order valence-electron chi connectivity index (χ0n) is 34.0. The summed E-state index contributed by atoms with van der Waals surface area (Å²) in [6, 6.07) is 0. The Morgan fingerprint density at radius 1 is 0.981 bits per heavy atom. The largest absolute Gasteiger partial charge is 0.488 e. The molecule has 11 nitrogen and oxygen atoms in total. The summed E-state index contributed by atoms with van der Waals surface area (Å²) in [5.74, 6) is 5.87. The molecule has 0 saturated carbocycles. The molecule has 2 aliphatic rings. The van der Waals surface area contributed by atoms with E-state index in [1.54, 1.807) is 0 Å². The lowest BCUT2D eigenvalue weighted by Gasteiger charge is -2.49. The van der Waals surface area contributed by atoms with Gasteiger partial charge in [0.2, 0.25) is 5.95 Å². The minimum absolute atomic E-state index is 0.0161. The predicted molar refractivity (Wildman–Crippen MR) is 212 cm³/mol. The summed E-state index contributed by atoms with van der Waals surface area (Å²) in [6.45, 7) is 27.9. The summed E-state index contributed by atoms with van der Waals surface area (Å²) in [4.78, 5) is 34.5. The van der Waals surface area contributed by atoms with Gasteiger partial charge in [0.25, 0.3) is 5.56 Å². The van der Waals surface area contributed by atoms with Gasteiger partial charge in [-0.1, -0.05) is 115 Å². The zero-order valence-corrected chi connectivity index (χ0v) is 34.9. The topological polar surface area (TPSA) is 144 Å². The van der Waals surface area contributed by atoms with Gasteiger partial charge >= 0.3 is 15.4 Å². The van der Waals surface area contributed by atoms with Gasteiger partial charge in [-0.3, -0.25) is 14.3 Å². The average Bonchev–Trinajstić information content (AvgIpc) is 3.69. The van der Waals surface area contributed by atoms with E-state index in [9.17, 15) is 14.8 Å². The average molecular weight is 747 g/mol. The Morgan fingerprint density at radius 2 is 1.56 bits per heavy atom. The molecule has 2 aliphatic heterocycles. The van der Waals surface area contributed by atoms with E-state index in [1.165, 1.54) is 49.4 Å². The third-order valence-corrected chi connectivity index (χ3v) is 15.4. The molecule has 4 rings (SSSR count). The fourth-order valence-corrected chi connectivity index (χ4v) is 9.96. The van der Waals surface area contributed by atoms with Crippen LogP contribution in [0.5, 0.6) is 0 Å². The summed E-state index contributed by atoms with van der Waals surface area (Å²) in [5, 5.41) is 14.2. The lowest BCUT2D eigenvalue weighted by molar-refractivity contribution is -0.0603. The number of ether oxygens (including phenoxy) is 1. The van der Waals surface area contributed by atoms with Gasteiger partial charge in [0.15, 0.2) is 23.5 Å². The first-order chi connectivity index (χ1) is 24.5. The van der Waals surface area contributed by atoms with Crippen LogP contribution < -0.4 is 10.9 Å². The highest BCUT2D eigenvalue weighted by Crippen LogP contribution is 2.58. The number of unbranched alkanes of at least 4 members (excludes halogenated alkanes) is 4. The molecule has 13 heteroatoms. The fraction of sp³-hybridized carbons (Fsp3) is 0.872. The van der Waals surface area contributed by atoms with Crippen LogP contribution in [0.3, 0.4) is 0 Å². The molecule has 294 valence electrons. The highest BCUT2D eigenvalue weighted by Gasteiger charge is 2.57. The summed E-state index contributed by atoms with van der Waals surface area (Å²) >= 11 is 0. The van der Waals surface area contributed by atoms with Crippen LogP contribution in [0.2, 0.25) is 0 Å². The van der Waals surface area contributed by atoms with Crippen molar-refractivity contribution in [3.05, 3.63) is 16.7 Å². The second-order valence-electron chi connectivity index (χ2n) is 17.0. The molecule has 10 unspecified atom stereocenters. The fourth-order valence-electron chi connectivity index (χ4n) is 8.92. The van der Waals surface area contributed by atoms with Crippen molar-refractivity contribution in [2.24, 2.45) is 52.8 Å². The number of fused-ring (bicyclic) bond motifs is 2. The second-order valence-corrected chi connectivity index (χ2v) is 18.6. The number of hydrogen-bond donors (Lipinski definition) is 4. The molecule has 0 spiro atoms. The minimum atomic E-state index is -3.52. The maximum absolute atomic E-state index is 12.9. The Morgan fingerprint density at radius 3 is 2.15 bits per heavy atom. The number of anilines is 1. The van der Waals surface area contributed by atoms with Crippen LogP contribution >= 0.6 is 7.82 Å². The molecule has 2 aromatic heterocycles. The van der Waals surface area contributed by atoms with Gasteiger partial charge in [-0.05, 0) is 65.6 Å². The van der Waals surface area contributed by atoms with Gasteiger partial charge in [0, 0.05) is 6.54 Å². The van der Waals surface area contributed by atoms with Crippen molar-refractivity contribution < 1.29 is 23.8 Å². The van der Waals surface area contributed by atoms with Gasteiger partial charge in [0.1, 0.15) is 18.8 Å². The van der Waals surface area contributed by atoms with Gasteiger partial charge in [-0.2, -0.15) is 14.0 Å². The number of rotatable bonds is 20. The normalized spacial score (nSPS) is 29.4. The van der Waals surface area contributed by atoms with E-state index in [0.29, 0.717) is 48.0 Å². The first-order valence-corrected chi connectivity index (χ1v) is 21.9. The van der Waals surface area contributed by atoms with Crippen LogP contribution in [0.4, 0.5) is 5.95 Å². The van der Waals surface area contributed by atoms with E-state index in [4.69, 9.17) is 21.4 Å². The summed E-state index contributed by atoms with van der Waals surface area (Å²) in [6.07, 6.45) is 7.20. The molecular formula is C39H70BN5O6P+. The van der Waals surface area contributed by atoms with Crippen molar-refractivity contribution in [1.82, 2.24) is 19.5 Å². The van der Waals surface area contributed by atoms with E-state index in [2.05, 4.69) is 96.4 Å². The monoisotopic (exact) mass is 747 g/mol. The quantitative estimate of drug-likeness (QED) is 0.0598. The number of aliphatic hydroxyl groups excluding tert-OH is 1. The lowest BCUT2D eigenvalue weighted by atomic mass is 9.56. The minimum Gasteiger partial charge on any atom is -0.385 e. The number of aromatic amines is 1. The summed E-state index contributed by atoms with van der Waals surface area (Å²) in [7, 11) is 2.13. The third-order valence-electron chi connectivity index (χ3n) is 14.3. The van der Waals surface area contributed by atoms with Crippen molar-refractivity contribution in [3.63, 3.8) is 0 Å². The molecule has 2 aromatic rings. The number of imidazole rings is 1. The number of aromatic nitrogens is 4. The molecular weight excluding hydrogens is 676 g/mol. The molecule has 2 radical (unpaired) electrons. The molecule has 4 heterocycles. The number of aliphatic hydroxyl groups is 1. The standard InChI is InChI=1S/C39H70BN5O6P/c1-12-23(3)25(5)27(7)29(9)39(11,30(10)28(8)26(6)24(4)13-2)19-17-15-14-16-18-20-41-38-43-35-32(36(47)44-38)42-22-45(35)37-33(46)34-31(50-37)21-49-52(40,48)51-34/h22-31,33-34,37,46,48H,12-21H2,1-11H3,(H2,41,43,44,47)/q+1/t23?,24?,25?,26?,27?,28?,29?,30?,31-,33?,34+,37-,39?,52?/m1/s1. The smallest absolute Gasteiger partial charge is 0.385 e. The summed E-state index contributed by atoms with van der Waals surface area (Å²) in [5.41, 5.74) is 0.310. The Hall–Kier alpha value is -1.56. The highest BCUT2D eigenvalue weighted by atomic mass is 31.2. The molecule has 2 fully saturated rings. The van der Waals surface area contributed by atoms with E-state index < -0.39 is 32.4 Å². The molecule has 0 bridgehead atoms. The van der Waals surface area contributed by atoms with Gasteiger partial charge in [-0.25, -0.2) is 9.88 Å². The van der Waals surface area contributed by atoms with Crippen LogP contribution in [0.1, 0.15) is 134 Å². The molecule has 0 aromatic carbocycles. The highest BCUT2D eigenvalue weighted by molar-refractivity contribution is 7.85. The van der Waals surface area contributed by atoms with Crippen molar-refractivity contribution in [2.75, 3.05) is 18.5 Å². The Kier molecular flexibility index (Phi) is 15.3. The van der Waals surface area contributed by atoms with Crippen LogP contribution in [-0.4, -0.2) is 68.5 Å². The van der Waals surface area contributed by atoms with E-state index >= 15 is 0 Å². The van der Waals surface area contributed by atoms with Crippen molar-refractivity contribution in [2.45, 2.75) is 152 Å². The van der Waals surface area contributed by atoms with E-state index in [0.717, 1.165) is 24.7 Å². The molecule has 2 saturated heterocycles. The molecule has 13 atom stereocenters. The van der Waals surface area contributed by atoms with Crippen molar-refractivity contribution >= 4 is 32.5 Å². The van der Waals surface area contributed by atoms with Crippen LogP contribution in [-0.2, 0) is 13.8 Å². The lowest BCUT2D eigenvalue weighted by Crippen LogP contribution is -2.42. The predicted octanol–water partition coefficient (Wildman–Crippen LogP) is 8.30. The van der Waals surface area contributed by atoms with Gasteiger partial charge < -0.3 is 15.2 Å². The van der Waals surface area contributed by atoms with Crippen LogP contribution in [0, 0.1) is 52.8 Å². The van der Waals surface area contributed by atoms with Crippen molar-refractivity contribution in [1.29, 1.82) is 0 Å². The number of nitrogens with one attached hydrogen (secondary N) is 2. The maximum atomic E-state index is 12.9.